The summed E-state index contributed by atoms with van der Waals surface area (Å²) in [6, 6.07) is 6.56. The summed E-state index contributed by atoms with van der Waals surface area (Å²) in [6.07, 6.45) is 4.05. The molecule has 0 radical (unpaired) electrons. The van der Waals surface area contributed by atoms with E-state index in [1.165, 1.54) is 19.3 Å². The second kappa shape index (κ2) is 4.73. The Morgan fingerprint density at radius 3 is 2.39 bits per heavy atom. The molecule has 3 nitrogen and oxygen atoms in total. The number of hydrogen-bond acceptors (Lipinski definition) is 3. The average molecular weight is 245 g/mol. The van der Waals surface area contributed by atoms with E-state index in [1.54, 1.807) is 24.3 Å². The lowest BCUT2D eigenvalue weighted by Gasteiger charge is -2.15. The summed E-state index contributed by atoms with van der Waals surface area (Å²) in [5.74, 6) is 2.03. The highest BCUT2D eigenvalue weighted by molar-refractivity contribution is 5.97. The number of phenolic OH excluding ortho intramolecular Hbond substituents is 1. The van der Waals surface area contributed by atoms with Crippen molar-refractivity contribution in [2.24, 2.45) is 11.8 Å². The number of Topliss-reactive ketones (excluding diaryl/α,β-unsaturated/α-hetero) is 1. The topological polar surface area (TPSA) is 40.5 Å². The summed E-state index contributed by atoms with van der Waals surface area (Å²) in [5, 5.41) is 9.21. The normalized spacial score (nSPS) is 27.3. The molecule has 1 aliphatic carbocycles. The van der Waals surface area contributed by atoms with Gasteiger partial charge in [0.15, 0.2) is 5.78 Å². The molecule has 0 amide bonds. The highest BCUT2D eigenvalue weighted by Gasteiger charge is 2.36. The predicted octanol–water partition coefficient (Wildman–Crippen LogP) is 2.31. The molecule has 1 aliphatic heterocycles. The van der Waals surface area contributed by atoms with E-state index in [1.807, 2.05) is 0 Å². The van der Waals surface area contributed by atoms with Crippen LogP contribution in [0.3, 0.4) is 0 Å². The lowest BCUT2D eigenvalue weighted by molar-refractivity contribution is 0.0941. The zero-order chi connectivity index (χ0) is 12.5. The molecule has 1 saturated heterocycles. The molecule has 1 N–H and O–H groups in total. The van der Waals surface area contributed by atoms with Crippen LogP contribution in [0.2, 0.25) is 0 Å². The molecular weight excluding hydrogens is 226 g/mol. The van der Waals surface area contributed by atoms with Crippen LogP contribution in [0.4, 0.5) is 0 Å². The molecule has 18 heavy (non-hydrogen) atoms. The van der Waals surface area contributed by atoms with Gasteiger partial charge in [0.05, 0.1) is 6.54 Å². The maximum atomic E-state index is 12.1. The predicted molar refractivity (Wildman–Crippen MR) is 69.7 cm³/mol. The number of nitrogens with zero attached hydrogens (tertiary/aromatic N) is 1. The number of benzene rings is 1. The first-order chi connectivity index (χ1) is 8.72. The first-order valence-electron chi connectivity index (χ1n) is 6.77. The quantitative estimate of drug-likeness (QED) is 0.831. The van der Waals surface area contributed by atoms with Crippen LogP contribution in [0.1, 0.15) is 29.6 Å². The van der Waals surface area contributed by atoms with E-state index in [9.17, 15) is 9.90 Å². The summed E-state index contributed by atoms with van der Waals surface area (Å²) < 4.78 is 0. The van der Waals surface area contributed by atoms with Crippen LogP contribution < -0.4 is 0 Å². The summed E-state index contributed by atoms with van der Waals surface area (Å²) in [6.45, 7) is 2.71. The van der Waals surface area contributed by atoms with E-state index < -0.39 is 0 Å². The number of carbonyl (C=O) groups excluding carboxylic acids is 1. The van der Waals surface area contributed by atoms with E-state index in [2.05, 4.69) is 4.90 Å². The number of rotatable bonds is 3. The minimum Gasteiger partial charge on any atom is -0.508 e. The van der Waals surface area contributed by atoms with Crippen molar-refractivity contribution in [3.05, 3.63) is 29.8 Å². The van der Waals surface area contributed by atoms with Crippen molar-refractivity contribution in [3.8, 4) is 5.75 Å². The van der Waals surface area contributed by atoms with Gasteiger partial charge in [0, 0.05) is 18.7 Å². The van der Waals surface area contributed by atoms with Crippen LogP contribution in [-0.2, 0) is 0 Å². The van der Waals surface area contributed by atoms with Gasteiger partial charge in [0.2, 0.25) is 0 Å². The van der Waals surface area contributed by atoms with E-state index >= 15 is 0 Å². The van der Waals surface area contributed by atoms with Crippen molar-refractivity contribution in [1.29, 1.82) is 0 Å². The molecule has 1 unspecified atom stereocenters. The third-order valence-corrected chi connectivity index (χ3v) is 4.36. The Morgan fingerprint density at radius 1 is 1.17 bits per heavy atom. The van der Waals surface area contributed by atoms with Crippen LogP contribution in [0.5, 0.6) is 5.75 Å². The van der Waals surface area contributed by atoms with Crippen molar-refractivity contribution in [3.63, 3.8) is 0 Å². The highest BCUT2D eigenvalue weighted by atomic mass is 16.3. The first kappa shape index (κ1) is 11.7. The Morgan fingerprint density at radius 2 is 1.78 bits per heavy atom. The van der Waals surface area contributed by atoms with E-state index in [0.717, 1.165) is 24.9 Å². The van der Waals surface area contributed by atoms with Gasteiger partial charge >= 0.3 is 0 Å². The summed E-state index contributed by atoms with van der Waals surface area (Å²) >= 11 is 0. The second-order valence-electron chi connectivity index (χ2n) is 5.62. The molecule has 1 saturated carbocycles. The highest BCUT2D eigenvalue weighted by Crippen LogP contribution is 2.37. The van der Waals surface area contributed by atoms with Crippen LogP contribution >= 0.6 is 0 Å². The fourth-order valence-electron chi connectivity index (χ4n) is 3.40. The third-order valence-electron chi connectivity index (χ3n) is 4.36. The van der Waals surface area contributed by atoms with Crippen LogP contribution in [-0.4, -0.2) is 35.4 Å². The van der Waals surface area contributed by atoms with Crippen LogP contribution in [0, 0.1) is 11.8 Å². The van der Waals surface area contributed by atoms with Crippen molar-refractivity contribution in [1.82, 2.24) is 4.90 Å². The number of carbonyl (C=O) groups is 1. The van der Waals surface area contributed by atoms with Crippen LogP contribution in [0.25, 0.3) is 0 Å². The van der Waals surface area contributed by atoms with Crippen LogP contribution in [0.15, 0.2) is 24.3 Å². The number of hydrogen-bond donors (Lipinski definition) is 1. The standard InChI is InChI=1S/C15H19NO2/c17-14-6-4-11(5-7-14)15(18)10-16-8-12-2-1-3-13(12)9-16/h4-7,12-13,17H,1-3,8-10H2/t12-,13?/m0/s1. The number of ketones is 1. The Labute approximate surface area is 107 Å². The maximum Gasteiger partial charge on any atom is 0.176 e. The molecule has 1 heterocycles. The van der Waals surface area contributed by atoms with Gasteiger partial charge in [-0.05, 0) is 48.9 Å². The van der Waals surface area contributed by atoms with E-state index in [0.29, 0.717) is 12.1 Å². The zero-order valence-corrected chi connectivity index (χ0v) is 10.5. The molecule has 96 valence electrons. The molecule has 1 aromatic carbocycles. The van der Waals surface area contributed by atoms with Gasteiger partial charge in [-0.2, -0.15) is 0 Å². The SMILES string of the molecule is O=C(CN1CC2CCC[C@H]2C1)c1ccc(O)cc1. The number of phenols is 1. The van der Waals surface area contributed by atoms with E-state index in [4.69, 9.17) is 0 Å². The molecule has 2 fully saturated rings. The average Bonchev–Trinajstić information content (AvgIpc) is 2.90. The van der Waals surface area contributed by atoms with Gasteiger partial charge in [-0.15, -0.1) is 0 Å². The lowest BCUT2D eigenvalue weighted by atomic mass is 10.0. The minimum absolute atomic E-state index is 0.162. The van der Waals surface area contributed by atoms with Gasteiger partial charge in [-0.3, -0.25) is 9.69 Å². The Hall–Kier alpha value is -1.35. The molecular formula is C15H19NO2. The number of likely N-dealkylation sites (tertiary alicyclic amines) is 1. The first-order valence-corrected chi connectivity index (χ1v) is 6.77. The van der Waals surface area contributed by atoms with Crippen molar-refractivity contribution in [2.75, 3.05) is 19.6 Å². The summed E-state index contributed by atoms with van der Waals surface area (Å²) in [5.41, 5.74) is 0.699. The number of aromatic hydroxyl groups is 1. The van der Waals surface area contributed by atoms with E-state index in [-0.39, 0.29) is 11.5 Å². The molecule has 2 atom stereocenters. The second-order valence-corrected chi connectivity index (χ2v) is 5.62. The zero-order valence-electron chi connectivity index (χ0n) is 10.5. The Bertz CT molecular complexity index is 428. The largest absolute Gasteiger partial charge is 0.508 e. The minimum atomic E-state index is 0.162. The van der Waals surface area contributed by atoms with Gasteiger partial charge < -0.3 is 5.11 Å². The fraction of sp³-hybridized carbons (Fsp3) is 0.533. The van der Waals surface area contributed by atoms with Gasteiger partial charge in [-0.1, -0.05) is 6.42 Å². The van der Waals surface area contributed by atoms with Crippen molar-refractivity contribution >= 4 is 5.78 Å². The van der Waals surface area contributed by atoms with Gasteiger partial charge in [0.25, 0.3) is 0 Å². The molecule has 0 aromatic heterocycles. The Kier molecular flexibility index (Phi) is 3.08. The van der Waals surface area contributed by atoms with Gasteiger partial charge in [-0.25, -0.2) is 0 Å². The number of fused-ring (bicyclic) bond motifs is 1. The Balaban J connectivity index is 1.60. The van der Waals surface area contributed by atoms with Gasteiger partial charge in [0.1, 0.15) is 5.75 Å². The smallest absolute Gasteiger partial charge is 0.176 e. The molecule has 2 aliphatic rings. The third kappa shape index (κ3) is 2.27. The molecule has 3 heteroatoms. The summed E-state index contributed by atoms with van der Waals surface area (Å²) in [4.78, 5) is 14.4. The molecule has 0 bridgehead atoms. The van der Waals surface area contributed by atoms with Crippen molar-refractivity contribution in [2.45, 2.75) is 19.3 Å². The summed E-state index contributed by atoms with van der Waals surface area (Å²) in [7, 11) is 0. The van der Waals surface area contributed by atoms with Crippen molar-refractivity contribution < 1.29 is 9.90 Å². The molecule has 1 aromatic rings. The molecule has 0 spiro atoms. The maximum absolute atomic E-state index is 12.1. The molecule has 3 rings (SSSR count). The monoisotopic (exact) mass is 245 g/mol. The lowest BCUT2D eigenvalue weighted by Crippen LogP contribution is -2.28. The fourth-order valence-corrected chi connectivity index (χ4v) is 3.40.